The van der Waals surface area contributed by atoms with E-state index in [1.54, 1.807) is 4.68 Å². The Kier molecular flexibility index (Phi) is 2.11. The van der Waals surface area contributed by atoms with Crippen molar-refractivity contribution in [3.63, 3.8) is 0 Å². The van der Waals surface area contributed by atoms with E-state index in [1.165, 1.54) is 0 Å². The number of hydrogen-bond acceptors (Lipinski definition) is 1. The lowest BCUT2D eigenvalue weighted by molar-refractivity contribution is -0.594. The number of rotatable bonds is 1. The average molecular weight is 224 g/mol. The Morgan fingerprint density at radius 2 is 1.88 bits per heavy atom. The first-order valence-corrected chi connectivity index (χ1v) is 5.59. The molecule has 84 valence electrons. The van der Waals surface area contributed by atoms with E-state index in [0.717, 1.165) is 22.3 Å². The number of aromatic nitrogens is 2. The molecule has 2 heterocycles. The lowest BCUT2D eigenvalue weighted by Crippen LogP contribution is -2.29. The molecule has 0 unspecified atom stereocenters. The predicted molar refractivity (Wildman–Crippen MR) is 68.4 cm³/mol. The molecular formula is C14H14N3+. The Bertz CT molecular complexity index is 669. The van der Waals surface area contributed by atoms with Crippen LogP contribution in [0.3, 0.4) is 0 Å². The molecule has 3 aromatic rings. The average Bonchev–Trinajstić information content (AvgIpc) is 2.66. The van der Waals surface area contributed by atoms with Crippen LogP contribution in [-0.4, -0.2) is 4.68 Å². The minimum atomic E-state index is 1.05. The summed E-state index contributed by atoms with van der Waals surface area (Å²) in [5, 5.41) is 1.15. The van der Waals surface area contributed by atoms with Crippen molar-refractivity contribution in [2.45, 2.75) is 6.92 Å². The van der Waals surface area contributed by atoms with Crippen LogP contribution < -0.4 is 10.4 Å². The van der Waals surface area contributed by atoms with Gasteiger partial charge in [-0.25, -0.2) is 0 Å². The zero-order valence-corrected chi connectivity index (χ0v) is 9.67. The normalized spacial score (nSPS) is 10.9. The highest BCUT2D eigenvalue weighted by Gasteiger charge is 2.09. The summed E-state index contributed by atoms with van der Waals surface area (Å²) < 4.78 is 3.81. The summed E-state index contributed by atoms with van der Waals surface area (Å²) in [5.74, 6) is 5.93. The van der Waals surface area contributed by atoms with Crippen molar-refractivity contribution in [2.24, 2.45) is 0 Å². The summed E-state index contributed by atoms with van der Waals surface area (Å²) >= 11 is 0. The van der Waals surface area contributed by atoms with E-state index in [9.17, 15) is 0 Å². The van der Waals surface area contributed by atoms with E-state index in [4.69, 9.17) is 5.84 Å². The van der Waals surface area contributed by atoms with Gasteiger partial charge in [0.25, 0.3) is 0 Å². The van der Waals surface area contributed by atoms with Crippen molar-refractivity contribution in [1.29, 1.82) is 0 Å². The lowest BCUT2D eigenvalue weighted by atomic mass is 10.3. The standard InChI is InChI=1S/C14H14N3/c1-11-9-12-10-16(8-7-14(12)17(11)15)13-5-3-2-4-6-13/h2-10H,15H2,1H3/q+1. The van der Waals surface area contributed by atoms with Crippen LogP contribution in [-0.2, 0) is 0 Å². The summed E-state index contributed by atoms with van der Waals surface area (Å²) in [5.41, 5.74) is 3.26. The molecule has 0 radical (unpaired) electrons. The predicted octanol–water partition coefficient (Wildman–Crippen LogP) is 1.94. The molecule has 0 aliphatic heterocycles. The number of pyridine rings is 1. The molecule has 3 rings (SSSR count). The van der Waals surface area contributed by atoms with Gasteiger partial charge in [0.05, 0.1) is 10.9 Å². The van der Waals surface area contributed by atoms with Gasteiger partial charge < -0.3 is 5.84 Å². The van der Waals surface area contributed by atoms with Gasteiger partial charge in [-0.05, 0) is 13.0 Å². The largest absolute Gasteiger partial charge is 0.339 e. The molecule has 2 aromatic heterocycles. The molecule has 2 N–H and O–H groups in total. The van der Waals surface area contributed by atoms with Crippen molar-refractivity contribution in [2.75, 3.05) is 5.84 Å². The van der Waals surface area contributed by atoms with Crippen LogP contribution in [0.4, 0.5) is 0 Å². The molecule has 0 saturated heterocycles. The fraction of sp³-hybridized carbons (Fsp3) is 0.0714. The van der Waals surface area contributed by atoms with Crippen LogP contribution in [0, 0.1) is 6.92 Å². The van der Waals surface area contributed by atoms with Crippen LogP contribution in [0.25, 0.3) is 16.6 Å². The number of nitrogens with two attached hydrogens (primary N) is 1. The number of aryl methyl sites for hydroxylation is 1. The van der Waals surface area contributed by atoms with Gasteiger partial charge in [-0.3, -0.25) is 4.68 Å². The molecule has 1 aromatic carbocycles. The van der Waals surface area contributed by atoms with Gasteiger partial charge in [0, 0.05) is 23.9 Å². The zero-order chi connectivity index (χ0) is 11.8. The van der Waals surface area contributed by atoms with E-state index in [-0.39, 0.29) is 0 Å². The molecule has 0 amide bonds. The minimum Gasteiger partial charge on any atom is -0.339 e. The molecule has 0 spiro atoms. The Balaban J connectivity index is 2.21. The maximum absolute atomic E-state index is 5.93. The quantitative estimate of drug-likeness (QED) is 0.497. The van der Waals surface area contributed by atoms with Gasteiger partial charge >= 0.3 is 0 Å². The van der Waals surface area contributed by atoms with Crippen LogP contribution in [0.2, 0.25) is 0 Å². The number of hydrogen-bond donors (Lipinski definition) is 1. The van der Waals surface area contributed by atoms with E-state index in [1.807, 2.05) is 37.4 Å². The molecule has 0 atom stereocenters. The maximum atomic E-state index is 5.93. The van der Waals surface area contributed by atoms with Crippen LogP contribution in [0.1, 0.15) is 5.69 Å². The second kappa shape index (κ2) is 3.63. The third-order valence-corrected chi connectivity index (χ3v) is 3.03. The Morgan fingerprint density at radius 3 is 2.65 bits per heavy atom. The third kappa shape index (κ3) is 1.56. The molecule has 3 heteroatoms. The molecule has 0 saturated carbocycles. The topological polar surface area (TPSA) is 34.8 Å². The monoisotopic (exact) mass is 224 g/mol. The van der Waals surface area contributed by atoms with Gasteiger partial charge in [0.15, 0.2) is 12.4 Å². The third-order valence-electron chi connectivity index (χ3n) is 3.03. The zero-order valence-electron chi connectivity index (χ0n) is 9.67. The SMILES string of the molecule is Cc1cc2c[n+](-c3ccccc3)ccc2n1N. The van der Waals surface area contributed by atoms with Gasteiger partial charge in [0.2, 0.25) is 5.69 Å². The van der Waals surface area contributed by atoms with Crippen molar-refractivity contribution in [3.8, 4) is 5.69 Å². The number of nitrogen functional groups attached to an aromatic ring is 1. The van der Waals surface area contributed by atoms with Crippen LogP contribution >= 0.6 is 0 Å². The Hall–Kier alpha value is -2.29. The van der Waals surface area contributed by atoms with Gasteiger partial charge in [-0.2, -0.15) is 4.57 Å². The van der Waals surface area contributed by atoms with Crippen molar-refractivity contribution >= 4 is 10.9 Å². The lowest BCUT2D eigenvalue weighted by Gasteiger charge is -1.98. The van der Waals surface area contributed by atoms with E-state index in [2.05, 4.69) is 29.0 Å². The highest BCUT2D eigenvalue weighted by atomic mass is 15.3. The second-order valence-electron chi connectivity index (χ2n) is 4.18. The molecule has 0 fully saturated rings. The maximum Gasteiger partial charge on any atom is 0.210 e. The summed E-state index contributed by atoms with van der Waals surface area (Å²) in [6, 6.07) is 14.4. The molecular weight excluding hydrogens is 210 g/mol. The molecule has 17 heavy (non-hydrogen) atoms. The van der Waals surface area contributed by atoms with E-state index in [0.29, 0.717) is 0 Å². The first-order valence-electron chi connectivity index (χ1n) is 5.59. The van der Waals surface area contributed by atoms with Crippen LogP contribution in [0.5, 0.6) is 0 Å². The summed E-state index contributed by atoms with van der Waals surface area (Å²) in [6.45, 7) is 2.01. The van der Waals surface area contributed by atoms with Gasteiger partial charge in [0.1, 0.15) is 0 Å². The fourth-order valence-corrected chi connectivity index (χ4v) is 2.08. The molecule has 0 aliphatic carbocycles. The summed E-state index contributed by atoms with van der Waals surface area (Å²) in [4.78, 5) is 0. The smallest absolute Gasteiger partial charge is 0.210 e. The van der Waals surface area contributed by atoms with Gasteiger partial charge in [-0.15, -0.1) is 0 Å². The van der Waals surface area contributed by atoms with Crippen molar-refractivity contribution < 1.29 is 4.57 Å². The summed E-state index contributed by atoms with van der Waals surface area (Å²) in [6.07, 6.45) is 4.13. The number of benzene rings is 1. The molecule has 0 bridgehead atoms. The van der Waals surface area contributed by atoms with E-state index >= 15 is 0 Å². The minimum absolute atomic E-state index is 1.05. The Labute approximate surface area is 99.7 Å². The highest BCUT2D eigenvalue weighted by molar-refractivity contribution is 5.79. The van der Waals surface area contributed by atoms with E-state index < -0.39 is 0 Å². The van der Waals surface area contributed by atoms with Crippen LogP contribution in [0.15, 0.2) is 54.9 Å². The first kappa shape index (κ1) is 9.90. The van der Waals surface area contributed by atoms with Crippen molar-refractivity contribution in [3.05, 3.63) is 60.6 Å². The molecule has 0 aliphatic rings. The second-order valence-corrected chi connectivity index (χ2v) is 4.18. The molecule has 3 nitrogen and oxygen atoms in total. The summed E-state index contributed by atoms with van der Waals surface area (Å²) in [7, 11) is 0. The fourth-order valence-electron chi connectivity index (χ4n) is 2.08. The highest BCUT2D eigenvalue weighted by Crippen LogP contribution is 2.15. The Morgan fingerprint density at radius 1 is 1.12 bits per heavy atom. The number of fused-ring (bicyclic) bond motifs is 1. The first-order chi connectivity index (χ1) is 8.25. The number of para-hydroxylation sites is 1. The van der Waals surface area contributed by atoms with Gasteiger partial charge in [-0.1, -0.05) is 18.2 Å². The number of nitrogens with zero attached hydrogens (tertiary/aromatic N) is 2. The van der Waals surface area contributed by atoms with Crippen molar-refractivity contribution in [1.82, 2.24) is 4.68 Å².